The molecule has 2 aliphatic rings. The van der Waals surface area contributed by atoms with Crippen LogP contribution in [0.25, 0.3) is 0 Å². The first kappa shape index (κ1) is 11.9. The summed E-state index contributed by atoms with van der Waals surface area (Å²) in [4.78, 5) is 13.8. The fourth-order valence-electron chi connectivity index (χ4n) is 2.48. The van der Waals surface area contributed by atoms with E-state index in [2.05, 4.69) is 5.32 Å². The van der Waals surface area contributed by atoms with Gasteiger partial charge in [0.1, 0.15) is 0 Å². The van der Waals surface area contributed by atoms with Gasteiger partial charge in [-0.1, -0.05) is 0 Å². The van der Waals surface area contributed by atoms with Crippen LogP contribution in [0.4, 0.5) is 0 Å². The van der Waals surface area contributed by atoms with Gasteiger partial charge in [-0.25, -0.2) is 0 Å². The van der Waals surface area contributed by atoms with Gasteiger partial charge in [0, 0.05) is 20.0 Å². The van der Waals surface area contributed by atoms with Crippen molar-refractivity contribution in [2.24, 2.45) is 11.8 Å². The van der Waals surface area contributed by atoms with Crippen molar-refractivity contribution in [3.05, 3.63) is 0 Å². The number of nitrogens with zero attached hydrogens (tertiary/aromatic N) is 1. The van der Waals surface area contributed by atoms with Crippen LogP contribution in [-0.4, -0.2) is 37.5 Å². The lowest BCUT2D eigenvalue weighted by molar-refractivity contribution is -0.130. The lowest BCUT2D eigenvalue weighted by Crippen LogP contribution is -2.31. The number of carbonyl (C=O) groups is 1. The van der Waals surface area contributed by atoms with Crippen molar-refractivity contribution >= 4 is 5.91 Å². The number of nitrogens with one attached hydrogen (secondary N) is 1. The van der Waals surface area contributed by atoms with E-state index >= 15 is 0 Å². The third kappa shape index (κ3) is 3.78. The molecule has 1 saturated heterocycles. The molecule has 3 nitrogen and oxygen atoms in total. The van der Waals surface area contributed by atoms with Crippen molar-refractivity contribution in [2.75, 3.05) is 26.7 Å². The highest BCUT2D eigenvalue weighted by molar-refractivity contribution is 5.75. The van der Waals surface area contributed by atoms with E-state index in [9.17, 15) is 4.79 Å². The molecule has 1 amide bonds. The van der Waals surface area contributed by atoms with Gasteiger partial charge in [-0.15, -0.1) is 0 Å². The van der Waals surface area contributed by atoms with E-state index in [0.29, 0.717) is 5.91 Å². The van der Waals surface area contributed by atoms with Crippen molar-refractivity contribution < 1.29 is 4.79 Å². The SMILES string of the molecule is CN(CC1CC1)C(=O)CCC1CCNCC1. The molecule has 1 saturated carbocycles. The summed E-state index contributed by atoms with van der Waals surface area (Å²) in [5.41, 5.74) is 0. The summed E-state index contributed by atoms with van der Waals surface area (Å²) in [5.74, 6) is 1.94. The number of piperidine rings is 1. The highest BCUT2D eigenvalue weighted by Gasteiger charge is 2.25. The van der Waals surface area contributed by atoms with Gasteiger partial charge in [-0.2, -0.15) is 0 Å². The van der Waals surface area contributed by atoms with Crippen molar-refractivity contribution in [3.8, 4) is 0 Å². The second kappa shape index (κ2) is 5.67. The van der Waals surface area contributed by atoms with Gasteiger partial charge >= 0.3 is 0 Å². The van der Waals surface area contributed by atoms with Crippen LogP contribution in [0.5, 0.6) is 0 Å². The number of carbonyl (C=O) groups excluding carboxylic acids is 1. The first-order valence-electron chi connectivity index (χ1n) is 6.70. The third-order valence-corrected chi connectivity index (χ3v) is 3.88. The maximum atomic E-state index is 11.9. The van der Waals surface area contributed by atoms with Crippen LogP contribution in [0.2, 0.25) is 0 Å². The molecule has 0 bridgehead atoms. The van der Waals surface area contributed by atoms with Crippen LogP contribution in [0, 0.1) is 11.8 Å². The van der Waals surface area contributed by atoms with Gasteiger partial charge in [-0.05, 0) is 57.0 Å². The summed E-state index contributed by atoms with van der Waals surface area (Å²) in [7, 11) is 1.96. The van der Waals surface area contributed by atoms with Crippen LogP contribution in [0.3, 0.4) is 0 Å². The Labute approximate surface area is 98.6 Å². The van der Waals surface area contributed by atoms with Crippen LogP contribution in [0.1, 0.15) is 38.5 Å². The summed E-state index contributed by atoms with van der Waals surface area (Å²) in [6.07, 6.45) is 7.00. The average Bonchev–Trinajstić information content (AvgIpc) is 3.11. The normalized spacial score (nSPS) is 22.1. The lowest BCUT2D eigenvalue weighted by atomic mass is 9.93. The molecule has 0 radical (unpaired) electrons. The number of hydrogen-bond donors (Lipinski definition) is 1. The molecule has 0 atom stereocenters. The molecule has 2 rings (SSSR count). The zero-order chi connectivity index (χ0) is 11.4. The molecule has 92 valence electrons. The van der Waals surface area contributed by atoms with Gasteiger partial charge in [0.15, 0.2) is 0 Å². The van der Waals surface area contributed by atoms with E-state index in [1.54, 1.807) is 0 Å². The van der Waals surface area contributed by atoms with Crippen molar-refractivity contribution in [1.82, 2.24) is 10.2 Å². The molecule has 1 aliphatic heterocycles. The fraction of sp³-hybridized carbons (Fsp3) is 0.923. The number of rotatable bonds is 5. The standard InChI is InChI=1S/C13H24N2O/c1-15(10-12-2-3-12)13(16)5-4-11-6-8-14-9-7-11/h11-12,14H,2-10H2,1H3. The maximum Gasteiger partial charge on any atom is 0.222 e. The molecule has 0 aromatic rings. The van der Waals surface area contributed by atoms with Gasteiger partial charge in [-0.3, -0.25) is 4.79 Å². The topological polar surface area (TPSA) is 32.3 Å². The van der Waals surface area contributed by atoms with Gasteiger partial charge in [0.25, 0.3) is 0 Å². The Bertz CT molecular complexity index is 232. The monoisotopic (exact) mass is 224 g/mol. The van der Waals surface area contributed by atoms with Crippen LogP contribution < -0.4 is 5.32 Å². The molecular formula is C13H24N2O. The Hall–Kier alpha value is -0.570. The Balaban J connectivity index is 1.61. The predicted molar refractivity (Wildman–Crippen MR) is 65.2 cm³/mol. The van der Waals surface area contributed by atoms with Crippen molar-refractivity contribution in [1.29, 1.82) is 0 Å². The van der Waals surface area contributed by atoms with Crippen LogP contribution in [0.15, 0.2) is 0 Å². The lowest BCUT2D eigenvalue weighted by Gasteiger charge is -2.23. The quantitative estimate of drug-likeness (QED) is 0.770. The largest absolute Gasteiger partial charge is 0.345 e. The minimum absolute atomic E-state index is 0.352. The first-order valence-corrected chi connectivity index (χ1v) is 6.70. The van der Waals surface area contributed by atoms with E-state index in [4.69, 9.17) is 0 Å². The molecule has 1 N–H and O–H groups in total. The summed E-state index contributed by atoms with van der Waals surface area (Å²) >= 11 is 0. The molecule has 0 spiro atoms. The van der Waals surface area contributed by atoms with Crippen molar-refractivity contribution in [3.63, 3.8) is 0 Å². The Kier molecular flexibility index (Phi) is 4.22. The van der Waals surface area contributed by atoms with E-state index in [1.165, 1.54) is 25.7 Å². The van der Waals surface area contributed by atoms with Gasteiger partial charge in [0.2, 0.25) is 5.91 Å². The Morgan fingerprint density at radius 2 is 1.88 bits per heavy atom. The first-order chi connectivity index (χ1) is 7.75. The smallest absolute Gasteiger partial charge is 0.222 e. The molecule has 0 aromatic carbocycles. The molecule has 0 aromatic heterocycles. The Morgan fingerprint density at radius 3 is 2.50 bits per heavy atom. The summed E-state index contributed by atoms with van der Waals surface area (Å²) in [6, 6.07) is 0. The summed E-state index contributed by atoms with van der Waals surface area (Å²) in [5, 5.41) is 3.36. The minimum atomic E-state index is 0.352. The third-order valence-electron chi connectivity index (χ3n) is 3.88. The second-order valence-corrected chi connectivity index (χ2v) is 5.45. The fourth-order valence-corrected chi connectivity index (χ4v) is 2.48. The number of amides is 1. The molecule has 1 heterocycles. The molecule has 16 heavy (non-hydrogen) atoms. The molecule has 3 heteroatoms. The summed E-state index contributed by atoms with van der Waals surface area (Å²) in [6.45, 7) is 3.26. The van der Waals surface area contributed by atoms with Crippen LogP contribution in [-0.2, 0) is 4.79 Å². The zero-order valence-electron chi connectivity index (χ0n) is 10.4. The molecule has 2 fully saturated rings. The zero-order valence-corrected chi connectivity index (χ0v) is 10.4. The molecule has 1 aliphatic carbocycles. The average molecular weight is 224 g/mol. The molecule has 0 unspecified atom stereocenters. The van der Waals surface area contributed by atoms with Gasteiger partial charge < -0.3 is 10.2 Å². The van der Waals surface area contributed by atoms with E-state index in [1.807, 2.05) is 11.9 Å². The molecular weight excluding hydrogens is 200 g/mol. The minimum Gasteiger partial charge on any atom is -0.345 e. The highest BCUT2D eigenvalue weighted by Crippen LogP contribution is 2.29. The van der Waals surface area contributed by atoms with Crippen LogP contribution >= 0.6 is 0 Å². The van der Waals surface area contributed by atoms with Crippen molar-refractivity contribution in [2.45, 2.75) is 38.5 Å². The van der Waals surface area contributed by atoms with Gasteiger partial charge in [0.05, 0.1) is 0 Å². The highest BCUT2D eigenvalue weighted by atomic mass is 16.2. The predicted octanol–water partition coefficient (Wildman–Crippen LogP) is 1.63. The Morgan fingerprint density at radius 1 is 1.19 bits per heavy atom. The van der Waals surface area contributed by atoms with E-state index in [-0.39, 0.29) is 0 Å². The van der Waals surface area contributed by atoms with E-state index in [0.717, 1.165) is 44.3 Å². The summed E-state index contributed by atoms with van der Waals surface area (Å²) < 4.78 is 0. The van der Waals surface area contributed by atoms with E-state index < -0.39 is 0 Å². The number of hydrogen-bond acceptors (Lipinski definition) is 2. The second-order valence-electron chi connectivity index (χ2n) is 5.45. The maximum absolute atomic E-state index is 11.9.